The summed E-state index contributed by atoms with van der Waals surface area (Å²) in [5, 5.41) is 0. The second kappa shape index (κ2) is 2.18. The van der Waals surface area contributed by atoms with Gasteiger partial charge in [0.15, 0.2) is 0 Å². The zero-order valence-corrected chi connectivity index (χ0v) is 7.54. The Hall–Kier alpha value is -0.660. The van der Waals surface area contributed by atoms with Gasteiger partial charge in [-0.2, -0.15) is 0 Å². The molecule has 2 aliphatic rings. The first-order valence-corrected chi connectivity index (χ1v) is 4.61. The molecule has 3 atom stereocenters. The first-order chi connectivity index (χ1) is 5.62. The van der Waals surface area contributed by atoms with Crippen molar-refractivity contribution < 1.29 is 9.59 Å². The number of hydrogen-bond donors (Lipinski definition) is 0. The third-order valence-electron chi connectivity index (χ3n) is 3.74. The molecule has 0 saturated heterocycles. The first kappa shape index (κ1) is 7.96. The molecule has 12 heavy (non-hydrogen) atoms. The standard InChI is InChI=1S/C10H14O2/c1-6(2)10-3-7(5-11)9(12)8(10)4-10/h5-8H,3-4H2,1-2H3. The van der Waals surface area contributed by atoms with Crippen LogP contribution in [0, 0.1) is 23.2 Å². The minimum Gasteiger partial charge on any atom is -0.303 e. The van der Waals surface area contributed by atoms with E-state index >= 15 is 0 Å². The van der Waals surface area contributed by atoms with E-state index in [1.165, 1.54) is 0 Å². The monoisotopic (exact) mass is 166 g/mol. The van der Waals surface area contributed by atoms with Crippen molar-refractivity contribution in [2.75, 3.05) is 0 Å². The lowest BCUT2D eigenvalue weighted by Crippen LogP contribution is -2.13. The third kappa shape index (κ3) is 0.755. The summed E-state index contributed by atoms with van der Waals surface area (Å²) >= 11 is 0. The fourth-order valence-electron chi connectivity index (χ4n) is 2.69. The van der Waals surface area contributed by atoms with Crippen molar-refractivity contribution >= 4 is 12.1 Å². The van der Waals surface area contributed by atoms with Crippen LogP contribution in [0.15, 0.2) is 0 Å². The van der Waals surface area contributed by atoms with Gasteiger partial charge in [0.2, 0.25) is 0 Å². The Morgan fingerprint density at radius 3 is 2.50 bits per heavy atom. The predicted molar refractivity (Wildman–Crippen MR) is 44.6 cm³/mol. The van der Waals surface area contributed by atoms with Crippen molar-refractivity contribution in [2.45, 2.75) is 26.7 Å². The highest BCUT2D eigenvalue weighted by molar-refractivity contribution is 5.99. The van der Waals surface area contributed by atoms with Gasteiger partial charge in [0, 0.05) is 5.92 Å². The van der Waals surface area contributed by atoms with Crippen LogP contribution < -0.4 is 0 Å². The molecule has 2 heteroatoms. The molecule has 0 heterocycles. The molecular formula is C10H14O2. The Morgan fingerprint density at radius 2 is 2.17 bits per heavy atom. The van der Waals surface area contributed by atoms with Crippen molar-refractivity contribution in [3.8, 4) is 0 Å². The maximum Gasteiger partial charge on any atom is 0.146 e. The van der Waals surface area contributed by atoms with Crippen LogP contribution in [-0.2, 0) is 9.59 Å². The van der Waals surface area contributed by atoms with Crippen molar-refractivity contribution in [1.29, 1.82) is 0 Å². The lowest BCUT2D eigenvalue weighted by molar-refractivity contribution is -0.126. The summed E-state index contributed by atoms with van der Waals surface area (Å²) in [7, 11) is 0. The molecule has 2 nitrogen and oxygen atoms in total. The van der Waals surface area contributed by atoms with Crippen molar-refractivity contribution in [2.24, 2.45) is 23.2 Å². The molecule has 0 aliphatic heterocycles. The van der Waals surface area contributed by atoms with Gasteiger partial charge in [-0.3, -0.25) is 4.79 Å². The largest absolute Gasteiger partial charge is 0.303 e. The predicted octanol–water partition coefficient (Wildman–Crippen LogP) is 1.44. The van der Waals surface area contributed by atoms with E-state index in [2.05, 4.69) is 13.8 Å². The van der Waals surface area contributed by atoms with Gasteiger partial charge in [-0.1, -0.05) is 13.8 Å². The molecule has 0 spiro atoms. The molecule has 0 aromatic heterocycles. The summed E-state index contributed by atoms with van der Waals surface area (Å²) in [5.41, 5.74) is 0.225. The van der Waals surface area contributed by atoms with E-state index in [1.54, 1.807) is 0 Å². The van der Waals surface area contributed by atoms with Crippen molar-refractivity contribution in [1.82, 2.24) is 0 Å². The van der Waals surface area contributed by atoms with Gasteiger partial charge in [0.05, 0.1) is 5.92 Å². The summed E-state index contributed by atoms with van der Waals surface area (Å²) < 4.78 is 0. The number of Topliss-reactive ketones (excluding diaryl/α,β-unsaturated/α-hetero) is 1. The zero-order valence-electron chi connectivity index (χ0n) is 7.54. The highest BCUT2D eigenvalue weighted by Crippen LogP contribution is 2.66. The van der Waals surface area contributed by atoms with E-state index in [0.717, 1.165) is 19.1 Å². The average molecular weight is 166 g/mol. The van der Waals surface area contributed by atoms with Crippen molar-refractivity contribution in [3.05, 3.63) is 0 Å². The third-order valence-corrected chi connectivity index (χ3v) is 3.74. The molecule has 2 aliphatic carbocycles. The zero-order chi connectivity index (χ0) is 8.93. The van der Waals surface area contributed by atoms with Gasteiger partial charge in [-0.15, -0.1) is 0 Å². The maximum absolute atomic E-state index is 11.5. The van der Waals surface area contributed by atoms with Crippen LogP contribution >= 0.6 is 0 Å². The Bertz CT molecular complexity index is 244. The number of fused-ring (bicyclic) bond motifs is 1. The molecule has 2 rings (SSSR count). The Morgan fingerprint density at radius 1 is 1.50 bits per heavy atom. The number of carbonyl (C=O) groups is 2. The van der Waals surface area contributed by atoms with E-state index < -0.39 is 0 Å². The molecular weight excluding hydrogens is 152 g/mol. The van der Waals surface area contributed by atoms with E-state index in [0.29, 0.717) is 5.92 Å². The summed E-state index contributed by atoms with van der Waals surface area (Å²) in [6.45, 7) is 4.31. The van der Waals surface area contributed by atoms with Gasteiger partial charge in [0.1, 0.15) is 12.1 Å². The summed E-state index contributed by atoms with van der Waals surface area (Å²) in [5.74, 6) is 0.717. The van der Waals surface area contributed by atoms with Crippen LogP contribution in [0.2, 0.25) is 0 Å². The van der Waals surface area contributed by atoms with Crippen LogP contribution in [0.3, 0.4) is 0 Å². The van der Waals surface area contributed by atoms with E-state index in [4.69, 9.17) is 0 Å². The summed E-state index contributed by atoms with van der Waals surface area (Å²) in [6, 6.07) is 0. The van der Waals surface area contributed by atoms with Gasteiger partial charge >= 0.3 is 0 Å². The SMILES string of the molecule is CC(C)C12CC(C=O)C(=O)C1C2. The summed E-state index contributed by atoms with van der Waals surface area (Å²) in [4.78, 5) is 22.0. The van der Waals surface area contributed by atoms with E-state index in [1.807, 2.05) is 0 Å². The average Bonchev–Trinajstić information content (AvgIpc) is 2.69. The van der Waals surface area contributed by atoms with E-state index in [9.17, 15) is 9.59 Å². The number of aldehydes is 1. The normalized spacial score (nSPS) is 44.8. The molecule has 0 radical (unpaired) electrons. The van der Waals surface area contributed by atoms with Gasteiger partial charge in [-0.05, 0) is 24.2 Å². The van der Waals surface area contributed by atoms with Crippen LogP contribution in [0.4, 0.5) is 0 Å². The molecule has 2 saturated carbocycles. The molecule has 0 N–H and O–H groups in total. The van der Waals surface area contributed by atoms with Crippen LogP contribution in [0.1, 0.15) is 26.7 Å². The lowest BCUT2D eigenvalue weighted by Gasteiger charge is -2.16. The second-order valence-electron chi connectivity index (χ2n) is 4.49. The molecule has 2 fully saturated rings. The Labute approximate surface area is 72.3 Å². The number of carbonyl (C=O) groups excluding carboxylic acids is 2. The number of rotatable bonds is 2. The number of ketones is 1. The van der Waals surface area contributed by atoms with Gasteiger partial charge < -0.3 is 4.79 Å². The van der Waals surface area contributed by atoms with Gasteiger partial charge in [0.25, 0.3) is 0 Å². The first-order valence-electron chi connectivity index (χ1n) is 4.61. The molecule has 66 valence electrons. The minimum absolute atomic E-state index is 0.207. The second-order valence-corrected chi connectivity index (χ2v) is 4.49. The fourth-order valence-corrected chi connectivity index (χ4v) is 2.69. The highest BCUT2D eigenvalue weighted by Gasteiger charge is 2.66. The molecule has 3 unspecified atom stereocenters. The fraction of sp³-hybridized carbons (Fsp3) is 0.800. The molecule has 0 amide bonds. The highest BCUT2D eigenvalue weighted by atomic mass is 16.1. The maximum atomic E-state index is 11.5. The molecule has 0 bridgehead atoms. The van der Waals surface area contributed by atoms with Crippen LogP contribution in [-0.4, -0.2) is 12.1 Å². The smallest absolute Gasteiger partial charge is 0.146 e. The molecule has 0 aromatic carbocycles. The van der Waals surface area contributed by atoms with Crippen molar-refractivity contribution in [3.63, 3.8) is 0 Å². The lowest BCUT2D eigenvalue weighted by atomic mass is 9.88. The Kier molecular flexibility index (Phi) is 1.45. The topological polar surface area (TPSA) is 34.1 Å². The van der Waals surface area contributed by atoms with Crippen LogP contribution in [0.5, 0.6) is 0 Å². The van der Waals surface area contributed by atoms with Gasteiger partial charge in [-0.25, -0.2) is 0 Å². The molecule has 0 aromatic rings. The number of hydrogen-bond acceptors (Lipinski definition) is 2. The summed E-state index contributed by atoms with van der Waals surface area (Å²) in [6.07, 6.45) is 2.68. The minimum atomic E-state index is -0.272. The quantitative estimate of drug-likeness (QED) is 0.459. The Balaban J connectivity index is 2.20. The van der Waals surface area contributed by atoms with E-state index in [-0.39, 0.29) is 23.0 Å². The van der Waals surface area contributed by atoms with Crippen LogP contribution in [0.25, 0.3) is 0 Å².